The lowest BCUT2D eigenvalue weighted by Gasteiger charge is -2.37. The van der Waals surface area contributed by atoms with Gasteiger partial charge in [0, 0.05) is 13.1 Å². The second-order valence-corrected chi connectivity index (χ2v) is 6.34. The molecule has 1 saturated heterocycles. The molecule has 0 aromatic carbocycles. The molecule has 116 valence electrons. The van der Waals surface area contributed by atoms with E-state index in [2.05, 4.69) is 30.3 Å². The summed E-state index contributed by atoms with van der Waals surface area (Å²) in [6.07, 6.45) is 12.0. The minimum Gasteiger partial charge on any atom is -0.374 e. The monoisotopic (exact) mass is 280 g/mol. The summed E-state index contributed by atoms with van der Waals surface area (Å²) in [5.41, 5.74) is 1.61. The maximum Gasteiger partial charge on any atom is 0.0893 e. The standard InChI is InChI=1S/C17H32N2O/c1-3-11-18-17(16-14-19(2)12-13-20-16)15-9-7-5-4-6-8-10-15/h9,16-18H,3-8,10-14H2,1-2H3. The minimum absolute atomic E-state index is 0.325. The van der Waals surface area contributed by atoms with Crippen LogP contribution in [0.1, 0.15) is 51.9 Å². The zero-order chi connectivity index (χ0) is 14.2. The first-order valence-electron chi connectivity index (χ1n) is 8.53. The lowest BCUT2D eigenvalue weighted by Crippen LogP contribution is -2.52. The van der Waals surface area contributed by atoms with Gasteiger partial charge in [0.15, 0.2) is 0 Å². The van der Waals surface area contributed by atoms with Gasteiger partial charge in [-0.1, -0.05) is 31.4 Å². The van der Waals surface area contributed by atoms with Crippen LogP contribution in [0, 0.1) is 0 Å². The van der Waals surface area contributed by atoms with Crippen molar-refractivity contribution < 1.29 is 4.74 Å². The molecule has 0 radical (unpaired) electrons. The summed E-state index contributed by atoms with van der Waals surface area (Å²) in [4.78, 5) is 2.40. The molecule has 1 N–H and O–H groups in total. The van der Waals surface area contributed by atoms with Crippen LogP contribution in [0.25, 0.3) is 0 Å². The van der Waals surface area contributed by atoms with Gasteiger partial charge in [-0.25, -0.2) is 0 Å². The molecule has 2 unspecified atom stereocenters. The molecule has 1 aliphatic carbocycles. The molecule has 2 aliphatic rings. The molecule has 0 bridgehead atoms. The number of nitrogens with zero attached hydrogens (tertiary/aromatic N) is 1. The molecular weight excluding hydrogens is 248 g/mol. The third-order valence-electron chi connectivity index (χ3n) is 4.51. The van der Waals surface area contributed by atoms with Crippen LogP contribution in [-0.4, -0.2) is 50.3 Å². The van der Waals surface area contributed by atoms with Gasteiger partial charge in [-0.05, 0) is 45.7 Å². The predicted octanol–water partition coefficient (Wildman–Crippen LogP) is 2.97. The zero-order valence-corrected chi connectivity index (χ0v) is 13.4. The molecule has 3 heteroatoms. The van der Waals surface area contributed by atoms with Gasteiger partial charge in [0.2, 0.25) is 0 Å². The number of likely N-dealkylation sites (N-methyl/N-ethyl adjacent to an activating group) is 1. The molecule has 1 aliphatic heterocycles. The van der Waals surface area contributed by atoms with Crippen molar-refractivity contribution in [2.24, 2.45) is 0 Å². The van der Waals surface area contributed by atoms with Crippen LogP contribution in [0.15, 0.2) is 11.6 Å². The SMILES string of the molecule is CCCNC(C1=CCCCCCC1)C1CN(C)CCO1. The van der Waals surface area contributed by atoms with E-state index in [9.17, 15) is 0 Å². The number of nitrogens with one attached hydrogen (secondary N) is 1. The Bertz CT molecular complexity index is 303. The molecule has 0 spiro atoms. The molecule has 0 amide bonds. The first kappa shape index (κ1) is 16.0. The number of hydrogen-bond acceptors (Lipinski definition) is 3. The zero-order valence-electron chi connectivity index (χ0n) is 13.4. The van der Waals surface area contributed by atoms with Gasteiger partial charge in [0.1, 0.15) is 0 Å². The van der Waals surface area contributed by atoms with E-state index < -0.39 is 0 Å². The largest absolute Gasteiger partial charge is 0.374 e. The molecule has 3 nitrogen and oxygen atoms in total. The van der Waals surface area contributed by atoms with Crippen molar-refractivity contribution in [1.29, 1.82) is 0 Å². The van der Waals surface area contributed by atoms with E-state index in [1.165, 1.54) is 44.9 Å². The Morgan fingerprint density at radius 2 is 2.20 bits per heavy atom. The minimum atomic E-state index is 0.325. The number of rotatable bonds is 5. The fourth-order valence-electron chi connectivity index (χ4n) is 3.31. The molecule has 0 saturated carbocycles. The van der Waals surface area contributed by atoms with Gasteiger partial charge in [0.05, 0.1) is 18.8 Å². The third-order valence-corrected chi connectivity index (χ3v) is 4.51. The molecule has 1 fully saturated rings. The fourth-order valence-corrected chi connectivity index (χ4v) is 3.31. The van der Waals surface area contributed by atoms with Crippen molar-refractivity contribution in [3.8, 4) is 0 Å². The highest BCUT2D eigenvalue weighted by atomic mass is 16.5. The smallest absolute Gasteiger partial charge is 0.0893 e. The second kappa shape index (κ2) is 8.81. The number of ether oxygens (including phenoxy) is 1. The van der Waals surface area contributed by atoms with Gasteiger partial charge in [-0.15, -0.1) is 0 Å². The van der Waals surface area contributed by atoms with E-state index in [4.69, 9.17) is 4.74 Å². The van der Waals surface area contributed by atoms with Crippen molar-refractivity contribution >= 4 is 0 Å². The van der Waals surface area contributed by atoms with Gasteiger partial charge in [0.25, 0.3) is 0 Å². The van der Waals surface area contributed by atoms with Crippen LogP contribution < -0.4 is 5.32 Å². The van der Waals surface area contributed by atoms with Gasteiger partial charge < -0.3 is 15.0 Å². The van der Waals surface area contributed by atoms with Crippen molar-refractivity contribution in [3.05, 3.63) is 11.6 Å². The summed E-state index contributed by atoms with van der Waals surface area (Å²) in [7, 11) is 2.21. The van der Waals surface area contributed by atoms with Crippen LogP contribution >= 0.6 is 0 Å². The maximum absolute atomic E-state index is 6.09. The lowest BCUT2D eigenvalue weighted by atomic mass is 9.91. The summed E-state index contributed by atoms with van der Waals surface area (Å²) >= 11 is 0. The van der Waals surface area contributed by atoms with E-state index in [0.29, 0.717) is 12.1 Å². The predicted molar refractivity (Wildman–Crippen MR) is 85.1 cm³/mol. The number of allylic oxidation sites excluding steroid dienone is 1. The Labute approximate surface area is 124 Å². The molecule has 0 aromatic heterocycles. The number of morpholine rings is 1. The first-order valence-corrected chi connectivity index (χ1v) is 8.53. The van der Waals surface area contributed by atoms with Crippen LogP contribution in [-0.2, 0) is 4.74 Å². The van der Waals surface area contributed by atoms with Crippen molar-refractivity contribution in [1.82, 2.24) is 10.2 Å². The first-order chi connectivity index (χ1) is 9.81. The Balaban J connectivity index is 2.04. The number of hydrogen-bond donors (Lipinski definition) is 1. The van der Waals surface area contributed by atoms with E-state index in [1.54, 1.807) is 5.57 Å². The average molecular weight is 280 g/mol. The molecule has 2 atom stereocenters. The topological polar surface area (TPSA) is 24.5 Å². The molecule has 2 rings (SSSR count). The van der Waals surface area contributed by atoms with Gasteiger partial charge in [-0.2, -0.15) is 0 Å². The fraction of sp³-hybridized carbons (Fsp3) is 0.882. The Hall–Kier alpha value is -0.380. The Morgan fingerprint density at radius 1 is 1.35 bits per heavy atom. The molecule has 1 heterocycles. The molecular formula is C17H32N2O. The van der Waals surface area contributed by atoms with E-state index in [1.807, 2.05) is 0 Å². The van der Waals surface area contributed by atoms with E-state index >= 15 is 0 Å². The third kappa shape index (κ3) is 4.87. The van der Waals surface area contributed by atoms with E-state index in [0.717, 1.165) is 26.2 Å². The Kier molecular flexibility index (Phi) is 7.05. The van der Waals surface area contributed by atoms with E-state index in [-0.39, 0.29) is 0 Å². The molecule has 20 heavy (non-hydrogen) atoms. The summed E-state index contributed by atoms with van der Waals surface area (Å²) in [6, 6.07) is 0.427. The summed E-state index contributed by atoms with van der Waals surface area (Å²) in [5, 5.41) is 3.76. The van der Waals surface area contributed by atoms with Crippen LogP contribution in [0.3, 0.4) is 0 Å². The highest BCUT2D eigenvalue weighted by Gasteiger charge is 2.28. The van der Waals surface area contributed by atoms with Crippen molar-refractivity contribution in [2.45, 2.75) is 64.0 Å². The highest BCUT2D eigenvalue weighted by molar-refractivity contribution is 5.15. The van der Waals surface area contributed by atoms with Crippen LogP contribution in [0.2, 0.25) is 0 Å². The van der Waals surface area contributed by atoms with Gasteiger partial charge >= 0.3 is 0 Å². The average Bonchev–Trinajstić information content (AvgIpc) is 2.41. The summed E-state index contributed by atoms with van der Waals surface area (Å²) < 4.78 is 6.09. The lowest BCUT2D eigenvalue weighted by molar-refractivity contribution is -0.0328. The highest BCUT2D eigenvalue weighted by Crippen LogP contribution is 2.23. The van der Waals surface area contributed by atoms with Crippen LogP contribution in [0.4, 0.5) is 0 Å². The molecule has 0 aromatic rings. The van der Waals surface area contributed by atoms with Crippen molar-refractivity contribution in [2.75, 3.05) is 33.3 Å². The van der Waals surface area contributed by atoms with Gasteiger partial charge in [-0.3, -0.25) is 0 Å². The maximum atomic E-state index is 6.09. The quantitative estimate of drug-likeness (QED) is 0.784. The normalized spacial score (nSPS) is 27.5. The summed E-state index contributed by atoms with van der Waals surface area (Å²) in [5.74, 6) is 0. The second-order valence-electron chi connectivity index (χ2n) is 6.34. The van der Waals surface area contributed by atoms with Crippen LogP contribution in [0.5, 0.6) is 0 Å². The van der Waals surface area contributed by atoms with Crippen molar-refractivity contribution in [3.63, 3.8) is 0 Å². The summed E-state index contributed by atoms with van der Waals surface area (Å²) in [6.45, 7) is 6.32. The Morgan fingerprint density at radius 3 is 3.00 bits per heavy atom.